The van der Waals surface area contributed by atoms with E-state index in [0.29, 0.717) is 19.6 Å². The highest BCUT2D eigenvalue weighted by Gasteiger charge is 2.14. The Hall–Kier alpha value is -1.49. The molecule has 1 atom stereocenters. The van der Waals surface area contributed by atoms with Gasteiger partial charge in [-0.3, -0.25) is 0 Å². The molecule has 0 spiro atoms. The third-order valence-corrected chi connectivity index (χ3v) is 2.96. The summed E-state index contributed by atoms with van der Waals surface area (Å²) in [6.07, 6.45) is 1.01. The van der Waals surface area contributed by atoms with Crippen LogP contribution in [0.25, 0.3) is 0 Å². The van der Waals surface area contributed by atoms with Crippen molar-refractivity contribution in [3.63, 3.8) is 0 Å². The third-order valence-electron chi connectivity index (χ3n) is 2.96. The highest BCUT2D eigenvalue weighted by molar-refractivity contribution is 5.74. The number of ether oxygens (including phenoxy) is 1. The van der Waals surface area contributed by atoms with Gasteiger partial charge in [0, 0.05) is 19.7 Å². The SMILES string of the molecule is CCCOC(C)CNC(=O)N(CC)Cc1ccc(C)o1. The molecule has 1 heterocycles. The Morgan fingerprint density at radius 2 is 2.20 bits per heavy atom. The number of hydrogen-bond acceptors (Lipinski definition) is 3. The molecule has 114 valence electrons. The van der Waals surface area contributed by atoms with Crippen LogP contribution in [0.4, 0.5) is 4.79 Å². The van der Waals surface area contributed by atoms with Crippen molar-refractivity contribution < 1.29 is 13.9 Å². The van der Waals surface area contributed by atoms with E-state index in [9.17, 15) is 4.79 Å². The van der Waals surface area contributed by atoms with Crippen LogP contribution in [-0.2, 0) is 11.3 Å². The average molecular weight is 282 g/mol. The molecule has 5 nitrogen and oxygen atoms in total. The number of urea groups is 1. The van der Waals surface area contributed by atoms with E-state index in [1.165, 1.54) is 0 Å². The van der Waals surface area contributed by atoms with E-state index in [1.807, 2.05) is 32.9 Å². The van der Waals surface area contributed by atoms with Crippen molar-refractivity contribution in [2.45, 2.75) is 46.8 Å². The van der Waals surface area contributed by atoms with Crippen LogP contribution in [0.3, 0.4) is 0 Å². The summed E-state index contributed by atoms with van der Waals surface area (Å²) < 4.78 is 11.0. The van der Waals surface area contributed by atoms with Gasteiger partial charge >= 0.3 is 6.03 Å². The molecule has 0 aliphatic heterocycles. The van der Waals surface area contributed by atoms with Gasteiger partial charge in [-0.05, 0) is 39.3 Å². The Labute approximate surface area is 121 Å². The van der Waals surface area contributed by atoms with Gasteiger partial charge < -0.3 is 19.4 Å². The topological polar surface area (TPSA) is 54.7 Å². The molecule has 1 aromatic rings. The van der Waals surface area contributed by atoms with Gasteiger partial charge in [0.2, 0.25) is 0 Å². The Bertz CT molecular complexity index is 404. The molecule has 20 heavy (non-hydrogen) atoms. The zero-order valence-corrected chi connectivity index (χ0v) is 12.9. The molecule has 0 aliphatic carbocycles. The van der Waals surface area contributed by atoms with E-state index in [1.54, 1.807) is 4.90 Å². The highest BCUT2D eigenvalue weighted by atomic mass is 16.5. The van der Waals surface area contributed by atoms with Gasteiger partial charge in [0.25, 0.3) is 0 Å². The van der Waals surface area contributed by atoms with Crippen LogP contribution in [0.2, 0.25) is 0 Å². The summed E-state index contributed by atoms with van der Waals surface area (Å²) in [4.78, 5) is 13.8. The molecule has 0 fully saturated rings. The molecule has 2 amide bonds. The van der Waals surface area contributed by atoms with Gasteiger partial charge in [-0.2, -0.15) is 0 Å². The first kappa shape index (κ1) is 16.6. The quantitative estimate of drug-likeness (QED) is 0.797. The lowest BCUT2D eigenvalue weighted by Crippen LogP contribution is -2.42. The third kappa shape index (κ3) is 5.65. The van der Waals surface area contributed by atoms with Crippen molar-refractivity contribution >= 4 is 6.03 Å². The van der Waals surface area contributed by atoms with Crippen molar-refractivity contribution in [3.8, 4) is 0 Å². The fourth-order valence-corrected chi connectivity index (χ4v) is 1.81. The number of nitrogens with zero attached hydrogens (tertiary/aromatic N) is 1. The van der Waals surface area contributed by atoms with Crippen molar-refractivity contribution in [2.75, 3.05) is 19.7 Å². The molecule has 0 saturated carbocycles. The Morgan fingerprint density at radius 1 is 1.45 bits per heavy atom. The zero-order chi connectivity index (χ0) is 15.0. The van der Waals surface area contributed by atoms with E-state index >= 15 is 0 Å². The number of carbonyl (C=O) groups excluding carboxylic acids is 1. The summed E-state index contributed by atoms with van der Waals surface area (Å²) in [7, 11) is 0. The first-order valence-electron chi connectivity index (χ1n) is 7.26. The van der Waals surface area contributed by atoms with Gasteiger partial charge in [0.15, 0.2) is 0 Å². The summed E-state index contributed by atoms with van der Waals surface area (Å²) >= 11 is 0. The maximum atomic E-state index is 12.1. The Balaban J connectivity index is 2.38. The summed E-state index contributed by atoms with van der Waals surface area (Å²) in [6, 6.07) is 3.72. The lowest BCUT2D eigenvalue weighted by atomic mass is 10.3. The lowest BCUT2D eigenvalue weighted by molar-refractivity contribution is 0.0665. The molecule has 1 rings (SSSR count). The normalized spacial score (nSPS) is 12.2. The van der Waals surface area contributed by atoms with Gasteiger partial charge in [0.1, 0.15) is 11.5 Å². The largest absolute Gasteiger partial charge is 0.464 e. The average Bonchev–Trinajstić information content (AvgIpc) is 2.85. The summed E-state index contributed by atoms with van der Waals surface area (Å²) in [5.74, 6) is 1.66. The van der Waals surface area contributed by atoms with Crippen molar-refractivity contribution in [1.82, 2.24) is 10.2 Å². The molecule has 0 aromatic carbocycles. The molecule has 0 aliphatic rings. The molecule has 1 aromatic heterocycles. The number of carbonyl (C=O) groups is 1. The maximum Gasteiger partial charge on any atom is 0.317 e. The number of amides is 2. The molecular weight excluding hydrogens is 256 g/mol. The predicted octanol–water partition coefficient (Wildman–Crippen LogP) is 2.93. The standard InChI is InChI=1S/C15H26N2O3/c1-5-9-19-13(4)10-16-15(18)17(6-2)11-14-8-7-12(3)20-14/h7-8,13H,5-6,9-11H2,1-4H3,(H,16,18). The fourth-order valence-electron chi connectivity index (χ4n) is 1.81. The molecule has 1 N–H and O–H groups in total. The predicted molar refractivity (Wildman–Crippen MR) is 78.6 cm³/mol. The summed E-state index contributed by atoms with van der Waals surface area (Å²) in [5, 5.41) is 2.89. The summed E-state index contributed by atoms with van der Waals surface area (Å²) in [5.41, 5.74) is 0. The van der Waals surface area contributed by atoms with Crippen LogP contribution in [0.1, 0.15) is 38.7 Å². The second-order valence-electron chi connectivity index (χ2n) is 4.89. The minimum absolute atomic E-state index is 0.0310. The van der Waals surface area contributed by atoms with E-state index in [-0.39, 0.29) is 12.1 Å². The first-order chi connectivity index (χ1) is 9.56. The van der Waals surface area contributed by atoms with Crippen molar-refractivity contribution in [3.05, 3.63) is 23.7 Å². The Morgan fingerprint density at radius 3 is 2.75 bits per heavy atom. The van der Waals surface area contributed by atoms with Gasteiger partial charge in [-0.15, -0.1) is 0 Å². The van der Waals surface area contributed by atoms with Crippen molar-refractivity contribution in [2.24, 2.45) is 0 Å². The molecular formula is C15H26N2O3. The number of furan rings is 1. The smallest absolute Gasteiger partial charge is 0.317 e. The minimum atomic E-state index is -0.0894. The van der Waals surface area contributed by atoms with Gasteiger partial charge in [0.05, 0.1) is 12.6 Å². The van der Waals surface area contributed by atoms with Crippen LogP contribution >= 0.6 is 0 Å². The Kier molecular flexibility index (Phi) is 7.15. The van der Waals surface area contributed by atoms with E-state index < -0.39 is 0 Å². The van der Waals surface area contributed by atoms with Crippen LogP contribution in [0.15, 0.2) is 16.5 Å². The number of hydrogen-bond donors (Lipinski definition) is 1. The number of rotatable bonds is 8. The maximum absolute atomic E-state index is 12.1. The van der Waals surface area contributed by atoms with Crippen LogP contribution in [0.5, 0.6) is 0 Å². The van der Waals surface area contributed by atoms with Crippen LogP contribution in [0, 0.1) is 6.92 Å². The lowest BCUT2D eigenvalue weighted by Gasteiger charge is -2.21. The second-order valence-corrected chi connectivity index (χ2v) is 4.89. The van der Waals surface area contributed by atoms with Crippen LogP contribution < -0.4 is 5.32 Å². The highest BCUT2D eigenvalue weighted by Crippen LogP contribution is 2.09. The van der Waals surface area contributed by atoms with Gasteiger partial charge in [-0.25, -0.2) is 4.79 Å². The van der Waals surface area contributed by atoms with Crippen LogP contribution in [-0.4, -0.2) is 36.7 Å². The van der Waals surface area contributed by atoms with E-state index in [0.717, 1.165) is 24.5 Å². The summed E-state index contributed by atoms with van der Waals surface area (Å²) in [6.45, 7) is 10.2. The van der Waals surface area contributed by atoms with E-state index in [4.69, 9.17) is 9.15 Å². The zero-order valence-electron chi connectivity index (χ0n) is 12.9. The molecule has 0 saturated heterocycles. The number of aryl methyl sites for hydroxylation is 1. The molecule has 0 radical (unpaired) electrons. The fraction of sp³-hybridized carbons (Fsp3) is 0.667. The van der Waals surface area contributed by atoms with E-state index in [2.05, 4.69) is 12.2 Å². The monoisotopic (exact) mass is 282 g/mol. The first-order valence-corrected chi connectivity index (χ1v) is 7.26. The van der Waals surface area contributed by atoms with Gasteiger partial charge in [-0.1, -0.05) is 6.92 Å². The minimum Gasteiger partial charge on any atom is -0.464 e. The molecule has 5 heteroatoms. The number of nitrogens with one attached hydrogen (secondary N) is 1. The molecule has 0 bridgehead atoms. The second kappa shape index (κ2) is 8.64. The molecule has 1 unspecified atom stereocenters. The van der Waals surface area contributed by atoms with Crippen molar-refractivity contribution in [1.29, 1.82) is 0 Å².